The van der Waals surface area contributed by atoms with Crippen LogP contribution in [0.25, 0.3) is 22.6 Å². The third-order valence-electron chi connectivity index (χ3n) is 6.36. The number of carbonyl (C=O) groups is 1. The molecule has 0 atom stereocenters. The van der Waals surface area contributed by atoms with Crippen LogP contribution in [0.3, 0.4) is 0 Å². The van der Waals surface area contributed by atoms with Gasteiger partial charge in [0.15, 0.2) is 5.82 Å². The van der Waals surface area contributed by atoms with Crippen LogP contribution < -0.4 is 10.9 Å². The van der Waals surface area contributed by atoms with Gasteiger partial charge in [-0.3, -0.25) is 14.6 Å². The van der Waals surface area contributed by atoms with Crippen LogP contribution >= 0.6 is 0 Å². The highest BCUT2D eigenvalue weighted by Gasteiger charge is 2.27. The Morgan fingerprint density at radius 2 is 1.92 bits per heavy atom. The van der Waals surface area contributed by atoms with E-state index in [1.54, 1.807) is 67.4 Å². The minimum atomic E-state index is -0.628. The van der Waals surface area contributed by atoms with Crippen LogP contribution in [0.5, 0.6) is 0 Å². The zero-order valence-corrected chi connectivity index (χ0v) is 20.2. The van der Waals surface area contributed by atoms with Crippen molar-refractivity contribution < 1.29 is 9.18 Å². The highest BCUT2D eigenvalue weighted by Crippen LogP contribution is 2.37. The molecule has 1 fully saturated rings. The Hall–Kier alpha value is -4.99. The lowest BCUT2D eigenvalue weighted by atomic mass is 10.1. The Labute approximate surface area is 216 Å². The molecule has 0 aliphatic heterocycles. The van der Waals surface area contributed by atoms with Crippen molar-refractivity contribution in [3.8, 4) is 22.6 Å². The van der Waals surface area contributed by atoms with Gasteiger partial charge in [0, 0.05) is 41.3 Å². The summed E-state index contributed by atoms with van der Waals surface area (Å²) in [4.78, 5) is 35.5. The number of amides is 1. The Morgan fingerprint density at radius 1 is 1.05 bits per heavy atom. The van der Waals surface area contributed by atoms with Gasteiger partial charge in [-0.2, -0.15) is 0 Å². The summed E-state index contributed by atoms with van der Waals surface area (Å²) < 4.78 is 17.7. The largest absolute Gasteiger partial charge is 0.310 e. The van der Waals surface area contributed by atoms with E-state index < -0.39 is 17.3 Å². The minimum absolute atomic E-state index is 0.0373. The summed E-state index contributed by atoms with van der Waals surface area (Å²) in [6, 6.07) is 16.9. The van der Waals surface area contributed by atoms with Crippen LogP contribution in [0.1, 0.15) is 34.8 Å². The normalized spacial score (nSPS) is 12.9. The van der Waals surface area contributed by atoms with Crippen LogP contribution in [0.4, 0.5) is 10.2 Å². The topological polar surface area (TPSA) is 108 Å². The molecule has 6 rings (SSSR count). The molecule has 5 aromatic rings. The molecule has 1 aliphatic rings. The number of rotatable bonds is 7. The summed E-state index contributed by atoms with van der Waals surface area (Å²) in [5, 5.41) is 10.9. The van der Waals surface area contributed by atoms with Crippen LogP contribution in [-0.2, 0) is 6.54 Å². The molecule has 0 unspecified atom stereocenters. The average Bonchev–Trinajstić information content (AvgIpc) is 3.67. The fourth-order valence-electron chi connectivity index (χ4n) is 4.28. The van der Waals surface area contributed by atoms with E-state index in [-0.39, 0.29) is 17.9 Å². The zero-order valence-electron chi connectivity index (χ0n) is 20.2. The molecule has 0 radical (unpaired) electrons. The lowest BCUT2D eigenvalue weighted by Crippen LogP contribution is -2.30. The van der Waals surface area contributed by atoms with Crippen molar-refractivity contribution in [3.05, 3.63) is 113 Å². The van der Waals surface area contributed by atoms with Crippen molar-refractivity contribution in [1.82, 2.24) is 29.3 Å². The molecule has 10 heteroatoms. The maximum atomic E-state index is 14.4. The van der Waals surface area contributed by atoms with Gasteiger partial charge in [0.25, 0.3) is 11.5 Å². The Morgan fingerprint density at radius 3 is 2.71 bits per heavy atom. The Kier molecular flexibility index (Phi) is 6.04. The molecule has 1 aliphatic carbocycles. The number of hydrogen-bond donors (Lipinski definition) is 1. The highest BCUT2D eigenvalue weighted by atomic mass is 19.1. The highest BCUT2D eigenvalue weighted by molar-refractivity contribution is 6.04. The molecule has 1 saturated carbocycles. The van der Waals surface area contributed by atoms with E-state index in [0.717, 1.165) is 12.8 Å². The molecule has 0 spiro atoms. The standard InChI is InChI=1S/C28H22FN7O2/c29-23-7-2-1-5-19(23)15-35-16-20(18-6-4-12-30-14-18)13-22(28(35)38)27(37)33-25-9-3-8-24(32-25)26-34-31-17-36(26)21-10-11-21/h1-9,12-14,16-17,21H,10-11,15H2,(H,32,33,37). The fourth-order valence-corrected chi connectivity index (χ4v) is 4.28. The van der Waals surface area contributed by atoms with Gasteiger partial charge in [0.2, 0.25) is 0 Å². The lowest BCUT2D eigenvalue weighted by Gasteiger charge is -2.13. The second kappa shape index (κ2) is 9.81. The van der Waals surface area contributed by atoms with E-state index >= 15 is 0 Å². The SMILES string of the molecule is O=C(Nc1cccc(-c2nncn2C2CC2)n1)c1cc(-c2cccnc2)cn(Cc2ccccc2F)c1=O. The maximum Gasteiger partial charge on any atom is 0.263 e. The van der Waals surface area contributed by atoms with E-state index in [4.69, 9.17) is 0 Å². The number of pyridine rings is 3. The van der Waals surface area contributed by atoms with Gasteiger partial charge in [-0.05, 0) is 43.2 Å². The van der Waals surface area contributed by atoms with Gasteiger partial charge in [0.1, 0.15) is 29.2 Å². The number of nitrogens with zero attached hydrogens (tertiary/aromatic N) is 6. The van der Waals surface area contributed by atoms with E-state index in [1.165, 1.54) is 16.7 Å². The van der Waals surface area contributed by atoms with Gasteiger partial charge >= 0.3 is 0 Å². The summed E-state index contributed by atoms with van der Waals surface area (Å²) in [6.07, 6.45) is 8.68. The average molecular weight is 508 g/mol. The van der Waals surface area contributed by atoms with Crippen molar-refractivity contribution in [2.45, 2.75) is 25.4 Å². The van der Waals surface area contributed by atoms with Crippen molar-refractivity contribution in [1.29, 1.82) is 0 Å². The first-order chi connectivity index (χ1) is 18.6. The summed E-state index contributed by atoms with van der Waals surface area (Å²) in [5.74, 6) is -0.173. The van der Waals surface area contributed by atoms with Crippen LogP contribution in [0.15, 0.2) is 90.4 Å². The van der Waals surface area contributed by atoms with Crippen LogP contribution in [-0.4, -0.2) is 35.2 Å². The van der Waals surface area contributed by atoms with Gasteiger partial charge in [-0.15, -0.1) is 10.2 Å². The number of anilines is 1. The Bertz CT molecular complexity index is 1690. The Balaban J connectivity index is 1.35. The molecular formula is C28H22FN7O2. The molecule has 4 aromatic heterocycles. The number of hydrogen-bond acceptors (Lipinski definition) is 6. The second-order valence-corrected chi connectivity index (χ2v) is 9.06. The smallest absolute Gasteiger partial charge is 0.263 e. The molecule has 9 nitrogen and oxygen atoms in total. The summed E-state index contributed by atoms with van der Waals surface area (Å²) in [7, 11) is 0. The lowest BCUT2D eigenvalue weighted by molar-refractivity contribution is 0.102. The first-order valence-corrected chi connectivity index (χ1v) is 12.1. The minimum Gasteiger partial charge on any atom is -0.310 e. The third-order valence-corrected chi connectivity index (χ3v) is 6.36. The molecule has 0 bridgehead atoms. The number of aromatic nitrogens is 6. The predicted molar refractivity (Wildman–Crippen MR) is 139 cm³/mol. The predicted octanol–water partition coefficient (Wildman–Crippen LogP) is 4.34. The maximum absolute atomic E-state index is 14.4. The van der Waals surface area contributed by atoms with Crippen LogP contribution in [0.2, 0.25) is 0 Å². The van der Waals surface area contributed by atoms with Crippen molar-refractivity contribution in [3.63, 3.8) is 0 Å². The number of carbonyl (C=O) groups excluding carboxylic acids is 1. The van der Waals surface area contributed by atoms with E-state index in [2.05, 4.69) is 25.5 Å². The van der Waals surface area contributed by atoms with Crippen molar-refractivity contribution >= 4 is 11.7 Å². The quantitative estimate of drug-likeness (QED) is 0.351. The number of nitrogens with one attached hydrogen (secondary N) is 1. The van der Waals surface area contributed by atoms with Gasteiger partial charge in [-0.25, -0.2) is 9.37 Å². The summed E-state index contributed by atoms with van der Waals surface area (Å²) >= 11 is 0. The number of halogens is 1. The van der Waals surface area contributed by atoms with Crippen molar-refractivity contribution in [2.24, 2.45) is 0 Å². The van der Waals surface area contributed by atoms with E-state index in [0.29, 0.717) is 34.3 Å². The monoisotopic (exact) mass is 507 g/mol. The van der Waals surface area contributed by atoms with E-state index in [9.17, 15) is 14.0 Å². The summed E-state index contributed by atoms with van der Waals surface area (Å²) in [6.45, 7) is -0.0373. The molecule has 1 N–H and O–H groups in total. The third kappa shape index (κ3) is 4.71. The molecule has 1 amide bonds. The summed E-state index contributed by atoms with van der Waals surface area (Å²) in [5.41, 5.74) is 1.55. The first-order valence-electron chi connectivity index (χ1n) is 12.1. The molecule has 38 heavy (non-hydrogen) atoms. The van der Waals surface area contributed by atoms with Crippen molar-refractivity contribution in [2.75, 3.05) is 5.32 Å². The second-order valence-electron chi connectivity index (χ2n) is 9.06. The number of benzene rings is 1. The molecule has 1 aromatic carbocycles. The van der Waals surface area contributed by atoms with Crippen LogP contribution in [0, 0.1) is 5.82 Å². The molecule has 0 saturated heterocycles. The van der Waals surface area contributed by atoms with Gasteiger partial charge in [0.05, 0.1) is 6.54 Å². The molecule has 4 heterocycles. The zero-order chi connectivity index (χ0) is 26.1. The fraction of sp³-hybridized carbons (Fsp3) is 0.143. The van der Waals surface area contributed by atoms with Gasteiger partial charge < -0.3 is 14.5 Å². The first kappa shape index (κ1) is 23.4. The molecule has 188 valence electrons. The van der Waals surface area contributed by atoms with Gasteiger partial charge in [-0.1, -0.05) is 30.3 Å². The van der Waals surface area contributed by atoms with E-state index in [1.807, 2.05) is 10.6 Å². The molecular weight excluding hydrogens is 485 g/mol.